The Bertz CT molecular complexity index is 915. The first-order chi connectivity index (χ1) is 12.4. The molecule has 0 spiro atoms. The molecule has 1 heterocycles. The van der Waals surface area contributed by atoms with Gasteiger partial charge < -0.3 is 10.4 Å². The highest BCUT2D eigenvalue weighted by atomic mass is 79.9. The summed E-state index contributed by atoms with van der Waals surface area (Å²) in [6, 6.07) is 13.5. The summed E-state index contributed by atoms with van der Waals surface area (Å²) in [6.45, 7) is -0.351. The Kier molecular flexibility index (Phi) is 5.43. The van der Waals surface area contributed by atoms with Crippen molar-refractivity contribution in [2.75, 3.05) is 11.9 Å². The van der Waals surface area contributed by atoms with E-state index in [1.165, 1.54) is 6.07 Å². The molecule has 0 radical (unpaired) electrons. The zero-order valence-electron chi connectivity index (χ0n) is 13.3. The van der Waals surface area contributed by atoms with E-state index in [0.29, 0.717) is 15.7 Å². The van der Waals surface area contributed by atoms with E-state index in [9.17, 15) is 19.5 Å². The third-order valence-corrected chi connectivity index (χ3v) is 5.04. The third kappa shape index (κ3) is 4.14. The van der Waals surface area contributed by atoms with Gasteiger partial charge in [0.2, 0.25) is 5.91 Å². The number of phenolic OH excluding ortho intramolecular Hbond substituents is 1. The van der Waals surface area contributed by atoms with Crippen LogP contribution in [0.1, 0.15) is 5.56 Å². The van der Waals surface area contributed by atoms with Crippen molar-refractivity contribution in [3.8, 4) is 5.75 Å². The molecule has 2 N–H and O–H groups in total. The average Bonchev–Trinajstić information content (AvgIpc) is 2.86. The van der Waals surface area contributed by atoms with Crippen molar-refractivity contribution >= 4 is 56.5 Å². The Hall–Kier alpha value is -2.58. The van der Waals surface area contributed by atoms with E-state index >= 15 is 0 Å². The van der Waals surface area contributed by atoms with Crippen LogP contribution in [0.3, 0.4) is 0 Å². The van der Waals surface area contributed by atoms with Crippen LogP contribution in [-0.2, 0) is 9.59 Å². The molecule has 0 aromatic heterocycles. The number of para-hydroxylation sites is 1. The van der Waals surface area contributed by atoms with Gasteiger partial charge in [0.1, 0.15) is 12.3 Å². The minimum absolute atomic E-state index is 0.0767. The second-order valence-electron chi connectivity index (χ2n) is 5.39. The van der Waals surface area contributed by atoms with Gasteiger partial charge in [-0.3, -0.25) is 19.3 Å². The summed E-state index contributed by atoms with van der Waals surface area (Å²) >= 11 is 3.97. The first-order valence-electron chi connectivity index (χ1n) is 7.53. The number of amides is 3. The predicted molar refractivity (Wildman–Crippen MR) is 104 cm³/mol. The van der Waals surface area contributed by atoms with Gasteiger partial charge in [-0.1, -0.05) is 24.3 Å². The van der Waals surface area contributed by atoms with Crippen LogP contribution in [0, 0.1) is 0 Å². The van der Waals surface area contributed by atoms with Crippen molar-refractivity contribution in [3.63, 3.8) is 0 Å². The number of anilines is 1. The largest absolute Gasteiger partial charge is 0.507 e. The third-order valence-electron chi connectivity index (χ3n) is 3.50. The number of hydrogen-bond acceptors (Lipinski definition) is 5. The Balaban J connectivity index is 1.71. The van der Waals surface area contributed by atoms with Gasteiger partial charge >= 0.3 is 0 Å². The number of nitrogens with one attached hydrogen (secondary N) is 1. The normalized spacial score (nSPS) is 15.6. The van der Waals surface area contributed by atoms with Gasteiger partial charge in [-0.05, 0) is 63.6 Å². The van der Waals surface area contributed by atoms with Crippen molar-refractivity contribution in [1.29, 1.82) is 0 Å². The Morgan fingerprint density at radius 3 is 2.62 bits per heavy atom. The Morgan fingerprint density at radius 1 is 1.19 bits per heavy atom. The molecular formula is C18H13BrN2O4S. The topological polar surface area (TPSA) is 86.7 Å². The highest BCUT2D eigenvalue weighted by Gasteiger charge is 2.36. The summed E-state index contributed by atoms with van der Waals surface area (Å²) < 4.78 is 0.479. The summed E-state index contributed by atoms with van der Waals surface area (Å²) in [5.41, 5.74) is 1.24. The van der Waals surface area contributed by atoms with E-state index in [2.05, 4.69) is 21.2 Å². The zero-order chi connectivity index (χ0) is 18.7. The summed E-state index contributed by atoms with van der Waals surface area (Å²) in [7, 11) is 0. The maximum atomic E-state index is 12.4. The van der Waals surface area contributed by atoms with Crippen LogP contribution in [0.2, 0.25) is 0 Å². The molecule has 1 aliphatic rings. The molecule has 132 valence electrons. The fourth-order valence-corrected chi connectivity index (χ4v) is 3.50. The number of benzene rings is 2. The van der Waals surface area contributed by atoms with Gasteiger partial charge in [0, 0.05) is 5.69 Å². The van der Waals surface area contributed by atoms with E-state index in [-0.39, 0.29) is 17.2 Å². The number of rotatable bonds is 4. The first kappa shape index (κ1) is 18.2. The van der Waals surface area contributed by atoms with Crippen molar-refractivity contribution in [3.05, 3.63) is 63.5 Å². The van der Waals surface area contributed by atoms with Crippen molar-refractivity contribution in [2.45, 2.75) is 0 Å². The standard InChI is InChI=1S/C18H13BrN2O4S/c19-13-8-11(6-7-14(13)22)9-15-17(24)21(18(25)26-15)10-16(23)20-12-4-2-1-3-5-12/h1-9,22H,10H2,(H,20,23)/b15-9-. The van der Waals surface area contributed by atoms with E-state index in [1.54, 1.807) is 42.5 Å². The van der Waals surface area contributed by atoms with Crippen LogP contribution in [0.15, 0.2) is 57.9 Å². The summed E-state index contributed by atoms with van der Waals surface area (Å²) in [5, 5.41) is 11.7. The molecule has 2 aromatic carbocycles. The number of phenols is 1. The second kappa shape index (κ2) is 7.76. The number of nitrogens with zero attached hydrogens (tertiary/aromatic N) is 1. The van der Waals surface area contributed by atoms with Crippen LogP contribution in [0.5, 0.6) is 5.75 Å². The summed E-state index contributed by atoms with van der Waals surface area (Å²) in [4.78, 5) is 37.7. The molecule has 0 saturated carbocycles. The molecule has 1 fully saturated rings. The monoisotopic (exact) mass is 432 g/mol. The van der Waals surface area contributed by atoms with Crippen molar-refractivity contribution in [1.82, 2.24) is 4.90 Å². The van der Waals surface area contributed by atoms with E-state index < -0.39 is 17.1 Å². The fourth-order valence-electron chi connectivity index (χ4n) is 2.27. The molecule has 6 nitrogen and oxygen atoms in total. The molecule has 0 aliphatic carbocycles. The van der Waals surface area contributed by atoms with Gasteiger partial charge in [-0.15, -0.1) is 0 Å². The molecule has 2 aromatic rings. The molecule has 1 saturated heterocycles. The quantitative estimate of drug-likeness (QED) is 0.716. The molecule has 3 amide bonds. The zero-order valence-corrected chi connectivity index (χ0v) is 15.7. The second-order valence-corrected chi connectivity index (χ2v) is 7.24. The lowest BCUT2D eigenvalue weighted by molar-refractivity contribution is -0.127. The highest BCUT2D eigenvalue weighted by Crippen LogP contribution is 2.33. The van der Waals surface area contributed by atoms with Crippen LogP contribution in [0.25, 0.3) is 6.08 Å². The lowest BCUT2D eigenvalue weighted by Crippen LogP contribution is -2.36. The van der Waals surface area contributed by atoms with Crippen LogP contribution < -0.4 is 5.32 Å². The molecule has 0 bridgehead atoms. The number of imide groups is 1. The molecule has 1 aliphatic heterocycles. The van der Waals surface area contributed by atoms with Gasteiger partial charge in [0.05, 0.1) is 9.38 Å². The van der Waals surface area contributed by atoms with E-state index in [1.807, 2.05) is 6.07 Å². The Morgan fingerprint density at radius 2 is 1.92 bits per heavy atom. The van der Waals surface area contributed by atoms with Crippen molar-refractivity contribution in [2.24, 2.45) is 0 Å². The minimum atomic E-state index is -0.521. The van der Waals surface area contributed by atoms with Gasteiger partial charge in [-0.25, -0.2) is 0 Å². The van der Waals surface area contributed by atoms with Crippen LogP contribution in [0.4, 0.5) is 10.5 Å². The van der Waals surface area contributed by atoms with Crippen LogP contribution in [-0.4, -0.2) is 33.6 Å². The summed E-state index contributed by atoms with van der Waals surface area (Å²) in [5.74, 6) is -0.896. The number of carbonyl (C=O) groups is 3. The van der Waals surface area contributed by atoms with Gasteiger partial charge in [0.25, 0.3) is 11.1 Å². The minimum Gasteiger partial charge on any atom is -0.507 e. The van der Waals surface area contributed by atoms with Gasteiger partial charge in [0.15, 0.2) is 0 Å². The van der Waals surface area contributed by atoms with E-state index in [0.717, 1.165) is 16.7 Å². The molecule has 0 unspecified atom stereocenters. The smallest absolute Gasteiger partial charge is 0.294 e. The predicted octanol–water partition coefficient (Wildman–Crippen LogP) is 3.83. The van der Waals surface area contributed by atoms with E-state index in [4.69, 9.17) is 0 Å². The molecule has 8 heteroatoms. The molecule has 3 rings (SSSR count). The maximum Gasteiger partial charge on any atom is 0.294 e. The van der Waals surface area contributed by atoms with Gasteiger partial charge in [-0.2, -0.15) is 0 Å². The molecule has 26 heavy (non-hydrogen) atoms. The Labute approximate surface area is 162 Å². The lowest BCUT2D eigenvalue weighted by Gasteiger charge is -2.12. The van der Waals surface area contributed by atoms with Crippen molar-refractivity contribution < 1.29 is 19.5 Å². The summed E-state index contributed by atoms with van der Waals surface area (Å²) in [6.07, 6.45) is 1.55. The number of thioether (sulfide) groups is 1. The molecule has 0 atom stereocenters. The highest BCUT2D eigenvalue weighted by molar-refractivity contribution is 9.10. The average molecular weight is 433 g/mol. The number of aromatic hydroxyl groups is 1. The van der Waals surface area contributed by atoms with Crippen LogP contribution >= 0.6 is 27.7 Å². The molecular weight excluding hydrogens is 420 g/mol. The number of carbonyl (C=O) groups excluding carboxylic acids is 3. The fraction of sp³-hybridized carbons (Fsp3) is 0.0556. The maximum absolute atomic E-state index is 12.4. The number of hydrogen-bond donors (Lipinski definition) is 2. The number of halogens is 1. The lowest BCUT2D eigenvalue weighted by atomic mass is 10.2. The SMILES string of the molecule is O=C(CN1C(=O)S/C(=C\c2ccc(O)c(Br)c2)C1=O)Nc1ccccc1. The first-order valence-corrected chi connectivity index (χ1v) is 9.14.